The lowest BCUT2D eigenvalue weighted by Crippen LogP contribution is -2.70. The van der Waals surface area contributed by atoms with E-state index in [1.807, 2.05) is 13.8 Å². The van der Waals surface area contributed by atoms with Gasteiger partial charge in [-0.2, -0.15) is 0 Å². The number of carboxylic acids is 1. The second-order valence-corrected chi connectivity index (χ2v) is 5.57. The van der Waals surface area contributed by atoms with Crippen LogP contribution in [0, 0.1) is 17.8 Å². The highest BCUT2D eigenvalue weighted by molar-refractivity contribution is 6.00. The van der Waals surface area contributed by atoms with Crippen LogP contribution in [0.1, 0.15) is 20.3 Å². The summed E-state index contributed by atoms with van der Waals surface area (Å²) in [5.74, 6) is -2.77. The summed E-state index contributed by atoms with van der Waals surface area (Å²) in [5, 5.41) is 14.8. The topological polar surface area (TPSA) is 98.7 Å². The summed E-state index contributed by atoms with van der Waals surface area (Å²) < 4.78 is 0. The van der Waals surface area contributed by atoms with Gasteiger partial charge in [0, 0.05) is 13.1 Å². The standard InChI is InChI=1S/C12H19N3O4/c1-5(2)7-4-6(11(17)18)8-9(13-7)15(3)12(19)14-10(8)16/h5-9,13H,4H2,1-3H3,(H,17,18)(H,14,16,19). The Bertz CT molecular complexity index is 423. The van der Waals surface area contributed by atoms with Crippen molar-refractivity contribution in [1.29, 1.82) is 0 Å². The predicted molar refractivity (Wildman–Crippen MR) is 66.1 cm³/mol. The summed E-state index contributed by atoms with van der Waals surface area (Å²) in [6.07, 6.45) is -0.160. The average molecular weight is 269 g/mol. The van der Waals surface area contributed by atoms with E-state index in [1.165, 1.54) is 4.90 Å². The Morgan fingerprint density at radius 1 is 1.42 bits per heavy atom. The molecule has 0 bridgehead atoms. The zero-order valence-electron chi connectivity index (χ0n) is 11.2. The van der Waals surface area contributed by atoms with Crippen molar-refractivity contribution in [3.8, 4) is 0 Å². The lowest BCUT2D eigenvalue weighted by molar-refractivity contribution is -0.154. The van der Waals surface area contributed by atoms with Gasteiger partial charge in [0.2, 0.25) is 5.91 Å². The van der Waals surface area contributed by atoms with Crippen molar-refractivity contribution in [2.24, 2.45) is 17.8 Å². The van der Waals surface area contributed by atoms with Gasteiger partial charge in [0.25, 0.3) is 0 Å². The summed E-state index contributed by atoms with van der Waals surface area (Å²) in [6, 6.07) is -0.518. The molecule has 2 saturated heterocycles. The van der Waals surface area contributed by atoms with Crippen molar-refractivity contribution >= 4 is 17.9 Å². The van der Waals surface area contributed by atoms with Crippen LogP contribution in [0.5, 0.6) is 0 Å². The second kappa shape index (κ2) is 4.80. The van der Waals surface area contributed by atoms with Crippen molar-refractivity contribution in [2.45, 2.75) is 32.5 Å². The summed E-state index contributed by atoms with van der Waals surface area (Å²) in [7, 11) is 1.56. The molecule has 7 heteroatoms. The number of rotatable bonds is 2. The molecule has 106 valence electrons. The quantitative estimate of drug-likeness (QED) is 0.646. The summed E-state index contributed by atoms with van der Waals surface area (Å²) in [5.41, 5.74) is 0. The van der Waals surface area contributed by atoms with E-state index in [0.29, 0.717) is 6.42 Å². The molecule has 7 nitrogen and oxygen atoms in total. The Hall–Kier alpha value is -1.63. The first kappa shape index (κ1) is 13.8. The number of hydrogen-bond acceptors (Lipinski definition) is 4. The normalized spacial score (nSPS) is 35.1. The van der Waals surface area contributed by atoms with Crippen LogP contribution in [-0.4, -0.2) is 47.2 Å². The molecular weight excluding hydrogens is 250 g/mol. The predicted octanol–water partition coefficient (Wildman–Crippen LogP) is -0.171. The monoisotopic (exact) mass is 269 g/mol. The van der Waals surface area contributed by atoms with Crippen molar-refractivity contribution < 1.29 is 19.5 Å². The van der Waals surface area contributed by atoms with Crippen molar-refractivity contribution in [3.05, 3.63) is 0 Å². The Morgan fingerprint density at radius 3 is 2.58 bits per heavy atom. The molecule has 2 fully saturated rings. The smallest absolute Gasteiger partial charge is 0.325 e. The molecule has 0 aromatic rings. The Balaban J connectivity index is 2.33. The largest absolute Gasteiger partial charge is 0.481 e. The molecule has 0 radical (unpaired) electrons. The van der Waals surface area contributed by atoms with Gasteiger partial charge < -0.3 is 10.0 Å². The van der Waals surface area contributed by atoms with Crippen molar-refractivity contribution in [1.82, 2.24) is 15.5 Å². The van der Waals surface area contributed by atoms with Crippen LogP contribution in [0.2, 0.25) is 0 Å². The van der Waals surface area contributed by atoms with Crippen LogP contribution in [0.4, 0.5) is 4.79 Å². The maximum absolute atomic E-state index is 11.9. The van der Waals surface area contributed by atoms with Crippen LogP contribution < -0.4 is 10.6 Å². The Morgan fingerprint density at radius 2 is 2.05 bits per heavy atom. The lowest BCUT2D eigenvalue weighted by atomic mass is 9.76. The number of carbonyl (C=O) groups is 3. The number of urea groups is 1. The van der Waals surface area contributed by atoms with Gasteiger partial charge in [0.15, 0.2) is 0 Å². The summed E-state index contributed by atoms with van der Waals surface area (Å²) >= 11 is 0. The number of amides is 3. The van der Waals surface area contributed by atoms with Gasteiger partial charge in [0.05, 0.1) is 18.0 Å². The number of nitrogens with one attached hydrogen (secondary N) is 2. The average Bonchev–Trinajstić information content (AvgIpc) is 2.34. The van der Waals surface area contributed by atoms with Crippen LogP contribution in [0.3, 0.4) is 0 Å². The second-order valence-electron chi connectivity index (χ2n) is 5.57. The first-order valence-electron chi connectivity index (χ1n) is 6.39. The fourth-order valence-corrected chi connectivity index (χ4v) is 2.83. The number of carboxylic acid groups (broad SMARTS) is 1. The van der Waals surface area contributed by atoms with Gasteiger partial charge in [0.1, 0.15) is 0 Å². The molecule has 0 spiro atoms. The number of piperidine rings is 1. The molecule has 2 rings (SSSR count). The molecule has 0 saturated carbocycles. The number of fused-ring (bicyclic) bond motifs is 1. The molecule has 4 atom stereocenters. The van der Waals surface area contributed by atoms with Gasteiger partial charge in [-0.1, -0.05) is 13.8 Å². The summed E-state index contributed by atoms with van der Waals surface area (Å²) in [4.78, 5) is 36.3. The molecule has 2 heterocycles. The van der Waals surface area contributed by atoms with Gasteiger partial charge in [-0.15, -0.1) is 0 Å². The fraction of sp³-hybridized carbons (Fsp3) is 0.750. The minimum Gasteiger partial charge on any atom is -0.481 e. The van der Waals surface area contributed by atoms with E-state index in [2.05, 4.69) is 10.6 Å². The number of aliphatic carboxylic acids is 1. The molecule has 4 unspecified atom stereocenters. The third-order valence-electron chi connectivity index (χ3n) is 4.06. The third kappa shape index (κ3) is 2.30. The minimum atomic E-state index is -0.986. The molecular formula is C12H19N3O4. The van der Waals surface area contributed by atoms with E-state index in [0.717, 1.165) is 0 Å². The van der Waals surface area contributed by atoms with E-state index < -0.39 is 35.9 Å². The van der Waals surface area contributed by atoms with E-state index in [-0.39, 0.29) is 12.0 Å². The summed E-state index contributed by atoms with van der Waals surface area (Å²) in [6.45, 7) is 3.98. The highest BCUT2D eigenvalue weighted by atomic mass is 16.4. The molecule has 2 aliphatic heterocycles. The SMILES string of the molecule is CC(C)C1CC(C(=O)O)C2C(=O)NC(=O)N(C)C2N1. The Kier molecular flexibility index (Phi) is 3.49. The third-order valence-corrected chi connectivity index (χ3v) is 4.06. The van der Waals surface area contributed by atoms with Crippen LogP contribution in [0.25, 0.3) is 0 Å². The fourth-order valence-electron chi connectivity index (χ4n) is 2.83. The zero-order chi connectivity index (χ0) is 14.3. The van der Waals surface area contributed by atoms with Gasteiger partial charge in [-0.05, 0) is 12.3 Å². The first-order valence-corrected chi connectivity index (χ1v) is 6.39. The van der Waals surface area contributed by atoms with Gasteiger partial charge in [-0.25, -0.2) is 4.79 Å². The maximum atomic E-state index is 11.9. The minimum absolute atomic E-state index is 0.0245. The number of carbonyl (C=O) groups excluding carboxylic acids is 2. The van der Waals surface area contributed by atoms with Crippen LogP contribution in [-0.2, 0) is 9.59 Å². The van der Waals surface area contributed by atoms with E-state index in [4.69, 9.17) is 0 Å². The first-order chi connectivity index (χ1) is 8.82. The number of nitrogens with zero attached hydrogens (tertiary/aromatic N) is 1. The molecule has 3 N–H and O–H groups in total. The van der Waals surface area contributed by atoms with Gasteiger partial charge in [-0.3, -0.25) is 20.2 Å². The molecule has 2 aliphatic rings. The molecule has 3 amide bonds. The van der Waals surface area contributed by atoms with E-state index >= 15 is 0 Å². The van der Waals surface area contributed by atoms with Crippen molar-refractivity contribution in [3.63, 3.8) is 0 Å². The molecule has 0 aliphatic carbocycles. The molecule has 0 aromatic carbocycles. The van der Waals surface area contributed by atoms with Crippen LogP contribution >= 0.6 is 0 Å². The molecule has 0 aromatic heterocycles. The zero-order valence-corrected chi connectivity index (χ0v) is 11.2. The van der Waals surface area contributed by atoms with Crippen molar-refractivity contribution in [2.75, 3.05) is 7.05 Å². The maximum Gasteiger partial charge on any atom is 0.325 e. The van der Waals surface area contributed by atoms with Gasteiger partial charge >= 0.3 is 12.0 Å². The lowest BCUT2D eigenvalue weighted by Gasteiger charge is -2.47. The highest BCUT2D eigenvalue weighted by Gasteiger charge is 2.51. The highest BCUT2D eigenvalue weighted by Crippen LogP contribution is 2.33. The van der Waals surface area contributed by atoms with E-state index in [9.17, 15) is 19.5 Å². The molecule has 19 heavy (non-hydrogen) atoms. The number of imide groups is 1. The van der Waals surface area contributed by atoms with E-state index in [1.54, 1.807) is 7.05 Å². The number of hydrogen-bond donors (Lipinski definition) is 3. The van der Waals surface area contributed by atoms with Crippen LogP contribution in [0.15, 0.2) is 0 Å². The Labute approximate surface area is 111 Å².